The predicted octanol–water partition coefficient (Wildman–Crippen LogP) is 3.98. The second-order valence-corrected chi connectivity index (χ2v) is 5.19. The molecule has 0 radical (unpaired) electrons. The van der Waals surface area contributed by atoms with Gasteiger partial charge in [0.15, 0.2) is 5.79 Å². The van der Waals surface area contributed by atoms with Crippen LogP contribution in [-0.4, -0.2) is 17.2 Å². The lowest BCUT2D eigenvalue weighted by Crippen LogP contribution is -2.49. The lowest BCUT2D eigenvalue weighted by molar-refractivity contribution is 0.00514. The van der Waals surface area contributed by atoms with E-state index in [1.807, 2.05) is 6.08 Å². The number of alkyl halides is 1. The molecule has 0 fully saturated rings. The van der Waals surface area contributed by atoms with Crippen molar-refractivity contribution in [3.05, 3.63) is 53.1 Å². The monoisotopic (exact) mass is 265 g/mol. The Bertz CT molecular complexity index is 602. The van der Waals surface area contributed by atoms with Crippen LogP contribution in [0.3, 0.4) is 0 Å². The van der Waals surface area contributed by atoms with Gasteiger partial charge < -0.3 is 4.90 Å². The van der Waals surface area contributed by atoms with Gasteiger partial charge in [0.05, 0.1) is 0 Å². The molecule has 4 heteroatoms. The standard InChI is InChI=1S/C15H14F3N/c1-9-11-7-10(16)8-12(17)14(11)13-5-3-4-6-19(13)15(9,2)18/h3-5,7-9H,6H2,1-2H3/t9?,15-/m1/s1. The van der Waals surface area contributed by atoms with Gasteiger partial charge in [0.25, 0.3) is 0 Å². The van der Waals surface area contributed by atoms with Crippen molar-refractivity contribution < 1.29 is 13.2 Å². The SMILES string of the molecule is CC1c2cc(F)cc(F)c2C2=CC=CCN2[C@@]1(C)F. The minimum atomic E-state index is -1.66. The van der Waals surface area contributed by atoms with Gasteiger partial charge in [0.1, 0.15) is 11.6 Å². The molecule has 0 aromatic heterocycles. The van der Waals surface area contributed by atoms with Crippen molar-refractivity contribution in [1.29, 1.82) is 0 Å². The summed E-state index contributed by atoms with van der Waals surface area (Å²) in [5.74, 6) is -3.57. The molecule has 0 N–H and O–H groups in total. The molecule has 2 aliphatic heterocycles. The Morgan fingerprint density at radius 1 is 1.32 bits per heavy atom. The van der Waals surface area contributed by atoms with Crippen LogP contribution in [-0.2, 0) is 0 Å². The van der Waals surface area contributed by atoms with Gasteiger partial charge in [-0.15, -0.1) is 0 Å². The topological polar surface area (TPSA) is 3.24 Å². The van der Waals surface area contributed by atoms with Crippen LogP contribution in [0.4, 0.5) is 13.2 Å². The first-order chi connectivity index (χ1) is 8.93. The first-order valence-corrected chi connectivity index (χ1v) is 6.25. The Morgan fingerprint density at radius 3 is 2.79 bits per heavy atom. The fourth-order valence-corrected chi connectivity index (χ4v) is 2.87. The molecule has 1 nitrogen and oxygen atoms in total. The van der Waals surface area contributed by atoms with E-state index in [1.54, 1.807) is 19.1 Å². The number of hydrogen-bond acceptors (Lipinski definition) is 1. The molecular weight excluding hydrogens is 251 g/mol. The molecule has 0 spiro atoms. The highest BCUT2D eigenvalue weighted by atomic mass is 19.1. The van der Waals surface area contributed by atoms with Crippen molar-refractivity contribution >= 4 is 5.70 Å². The van der Waals surface area contributed by atoms with E-state index in [1.165, 1.54) is 17.9 Å². The number of allylic oxidation sites excluding steroid dienone is 2. The van der Waals surface area contributed by atoms with Gasteiger partial charge in [-0.3, -0.25) is 0 Å². The predicted molar refractivity (Wildman–Crippen MR) is 68.1 cm³/mol. The summed E-state index contributed by atoms with van der Waals surface area (Å²) >= 11 is 0. The van der Waals surface area contributed by atoms with Crippen molar-refractivity contribution in [1.82, 2.24) is 4.90 Å². The molecule has 0 saturated heterocycles. The molecule has 19 heavy (non-hydrogen) atoms. The van der Waals surface area contributed by atoms with Crippen molar-refractivity contribution in [3.63, 3.8) is 0 Å². The fraction of sp³-hybridized carbons (Fsp3) is 0.333. The van der Waals surface area contributed by atoms with Crippen LogP contribution in [0.15, 0.2) is 30.4 Å². The first-order valence-electron chi connectivity index (χ1n) is 6.25. The zero-order valence-electron chi connectivity index (χ0n) is 10.8. The highest BCUT2D eigenvalue weighted by Gasteiger charge is 2.46. The van der Waals surface area contributed by atoms with Gasteiger partial charge in [0, 0.05) is 29.8 Å². The van der Waals surface area contributed by atoms with Crippen molar-refractivity contribution in [3.8, 4) is 0 Å². The molecule has 1 aromatic rings. The molecule has 1 unspecified atom stereocenters. The van der Waals surface area contributed by atoms with E-state index in [2.05, 4.69) is 0 Å². The maximum absolute atomic E-state index is 14.9. The third kappa shape index (κ3) is 1.62. The molecule has 0 saturated carbocycles. The largest absolute Gasteiger partial charge is 0.335 e. The van der Waals surface area contributed by atoms with Gasteiger partial charge >= 0.3 is 0 Å². The lowest BCUT2D eigenvalue weighted by Gasteiger charge is -2.47. The van der Waals surface area contributed by atoms with E-state index in [-0.39, 0.29) is 0 Å². The molecule has 2 heterocycles. The second kappa shape index (κ2) is 3.89. The number of halogens is 3. The smallest absolute Gasteiger partial charge is 0.187 e. The lowest BCUT2D eigenvalue weighted by atomic mass is 9.81. The molecule has 0 amide bonds. The second-order valence-electron chi connectivity index (χ2n) is 5.19. The number of rotatable bonds is 0. The van der Waals surface area contributed by atoms with E-state index in [4.69, 9.17) is 0 Å². The Balaban J connectivity index is 2.32. The molecular formula is C15H14F3N. The summed E-state index contributed by atoms with van der Waals surface area (Å²) < 4.78 is 42.4. The summed E-state index contributed by atoms with van der Waals surface area (Å²) in [6.45, 7) is 3.50. The highest BCUT2D eigenvalue weighted by Crippen LogP contribution is 2.48. The summed E-state index contributed by atoms with van der Waals surface area (Å²) in [6, 6.07) is 2.08. The van der Waals surface area contributed by atoms with Crippen LogP contribution in [0.25, 0.3) is 5.70 Å². The average Bonchev–Trinajstić information content (AvgIpc) is 2.35. The fourth-order valence-electron chi connectivity index (χ4n) is 2.87. The summed E-state index contributed by atoms with van der Waals surface area (Å²) in [5.41, 5.74) is 1.19. The van der Waals surface area contributed by atoms with Crippen LogP contribution < -0.4 is 0 Å². The third-order valence-corrected chi connectivity index (χ3v) is 4.10. The van der Waals surface area contributed by atoms with Crippen LogP contribution in [0.5, 0.6) is 0 Å². The van der Waals surface area contributed by atoms with Gasteiger partial charge in [-0.25, -0.2) is 13.2 Å². The van der Waals surface area contributed by atoms with E-state index in [0.29, 0.717) is 23.4 Å². The van der Waals surface area contributed by atoms with E-state index < -0.39 is 23.3 Å². The average molecular weight is 265 g/mol. The first kappa shape index (κ1) is 12.3. The number of fused-ring (bicyclic) bond motifs is 3. The quantitative estimate of drug-likeness (QED) is 0.641. The minimum absolute atomic E-state index is 0.313. The van der Waals surface area contributed by atoms with Crippen LogP contribution in [0.1, 0.15) is 30.9 Å². The Labute approximate surface area is 110 Å². The number of hydrogen-bond donors (Lipinski definition) is 0. The molecule has 2 aliphatic rings. The van der Waals surface area contributed by atoms with Crippen LogP contribution in [0.2, 0.25) is 0 Å². The molecule has 3 rings (SSSR count). The van der Waals surface area contributed by atoms with E-state index >= 15 is 0 Å². The summed E-state index contributed by atoms with van der Waals surface area (Å²) in [4.78, 5) is 1.53. The van der Waals surface area contributed by atoms with Gasteiger partial charge in [-0.05, 0) is 24.6 Å². The summed E-state index contributed by atoms with van der Waals surface area (Å²) in [7, 11) is 0. The van der Waals surface area contributed by atoms with Crippen molar-refractivity contribution in [2.75, 3.05) is 6.54 Å². The maximum atomic E-state index is 14.9. The summed E-state index contributed by atoms with van der Waals surface area (Å²) in [5, 5.41) is 0. The number of benzene rings is 1. The van der Waals surface area contributed by atoms with Gasteiger partial charge in [0.2, 0.25) is 0 Å². The van der Waals surface area contributed by atoms with Crippen molar-refractivity contribution in [2.24, 2.45) is 0 Å². The molecule has 100 valence electrons. The summed E-state index contributed by atoms with van der Waals surface area (Å²) in [6.07, 6.45) is 5.26. The zero-order valence-corrected chi connectivity index (χ0v) is 10.8. The Kier molecular flexibility index (Phi) is 2.52. The molecule has 1 aromatic carbocycles. The van der Waals surface area contributed by atoms with Crippen LogP contribution >= 0.6 is 0 Å². The van der Waals surface area contributed by atoms with E-state index in [9.17, 15) is 13.2 Å². The van der Waals surface area contributed by atoms with E-state index in [0.717, 1.165) is 6.07 Å². The minimum Gasteiger partial charge on any atom is -0.335 e. The molecule has 2 atom stereocenters. The molecule has 0 aliphatic carbocycles. The molecule has 0 bridgehead atoms. The highest BCUT2D eigenvalue weighted by molar-refractivity contribution is 5.73. The van der Waals surface area contributed by atoms with Gasteiger partial charge in [-0.1, -0.05) is 19.1 Å². The van der Waals surface area contributed by atoms with Crippen LogP contribution in [0, 0.1) is 11.6 Å². The van der Waals surface area contributed by atoms with Crippen molar-refractivity contribution in [2.45, 2.75) is 25.6 Å². The third-order valence-electron chi connectivity index (χ3n) is 4.10. The normalized spacial score (nSPS) is 28.8. The Morgan fingerprint density at radius 2 is 2.05 bits per heavy atom. The van der Waals surface area contributed by atoms with Gasteiger partial charge in [-0.2, -0.15) is 0 Å². The Hall–Kier alpha value is -1.71. The maximum Gasteiger partial charge on any atom is 0.187 e. The number of nitrogens with zero attached hydrogens (tertiary/aromatic N) is 1. The zero-order chi connectivity index (χ0) is 13.8.